The van der Waals surface area contributed by atoms with Crippen molar-refractivity contribution in [3.8, 4) is 11.8 Å². The molecule has 0 saturated heterocycles. The average molecular weight is 269 g/mol. The van der Waals surface area contributed by atoms with Gasteiger partial charge in [-0.1, -0.05) is 6.92 Å². The van der Waals surface area contributed by atoms with Crippen LogP contribution < -0.4 is 10.1 Å². The SMILES string of the molecule is CCCNc1c(C#N)cnc2ccc(OC(C)C)cc12. The molecule has 20 heavy (non-hydrogen) atoms. The van der Waals surface area contributed by atoms with Crippen molar-refractivity contribution in [1.29, 1.82) is 5.26 Å². The van der Waals surface area contributed by atoms with E-state index in [2.05, 4.69) is 23.3 Å². The van der Waals surface area contributed by atoms with Crippen molar-refractivity contribution in [2.75, 3.05) is 11.9 Å². The van der Waals surface area contributed by atoms with Crippen LogP contribution in [0.2, 0.25) is 0 Å². The third kappa shape index (κ3) is 3.00. The first-order chi connectivity index (χ1) is 9.65. The average Bonchev–Trinajstić information content (AvgIpc) is 2.43. The van der Waals surface area contributed by atoms with E-state index in [0.29, 0.717) is 5.56 Å². The molecule has 0 spiro atoms. The molecule has 1 aromatic heterocycles. The maximum absolute atomic E-state index is 9.23. The summed E-state index contributed by atoms with van der Waals surface area (Å²) in [6, 6.07) is 7.97. The summed E-state index contributed by atoms with van der Waals surface area (Å²) in [6.07, 6.45) is 2.73. The summed E-state index contributed by atoms with van der Waals surface area (Å²) in [5.74, 6) is 0.795. The van der Waals surface area contributed by atoms with Gasteiger partial charge < -0.3 is 10.1 Å². The third-order valence-electron chi connectivity index (χ3n) is 2.88. The van der Waals surface area contributed by atoms with Crippen molar-refractivity contribution < 1.29 is 4.74 Å². The predicted octanol–water partition coefficient (Wildman–Crippen LogP) is 3.72. The number of benzene rings is 1. The highest BCUT2D eigenvalue weighted by atomic mass is 16.5. The van der Waals surface area contributed by atoms with Crippen LogP contribution in [-0.4, -0.2) is 17.6 Å². The lowest BCUT2D eigenvalue weighted by Gasteiger charge is -2.13. The van der Waals surface area contributed by atoms with Crippen LogP contribution >= 0.6 is 0 Å². The van der Waals surface area contributed by atoms with E-state index in [1.165, 1.54) is 0 Å². The van der Waals surface area contributed by atoms with Crippen LogP contribution in [0.4, 0.5) is 5.69 Å². The van der Waals surface area contributed by atoms with Crippen molar-refractivity contribution in [3.63, 3.8) is 0 Å². The number of hydrogen-bond donors (Lipinski definition) is 1. The molecule has 0 aliphatic rings. The Morgan fingerprint density at radius 3 is 2.85 bits per heavy atom. The van der Waals surface area contributed by atoms with Gasteiger partial charge in [0.05, 0.1) is 22.9 Å². The maximum atomic E-state index is 9.23. The minimum absolute atomic E-state index is 0.117. The molecule has 0 unspecified atom stereocenters. The molecule has 1 N–H and O–H groups in total. The molecule has 0 amide bonds. The second-order valence-electron chi connectivity index (χ2n) is 4.93. The summed E-state index contributed by atoms with van der Waals surface area (Å²) >= 11 is 0. The number of anilines is 1. The van der Waals surface area contributed by atoms with E-state index in [9.17, 15) is 5.26 Å². The number of aromatic nitrogens is 1. The van der Waals surface area contributed by atoms with Gasteiger partial charge in [0.25, 0.3) is 0 Å². The Bertz CT molecular complexity index is 644. The van der Waals surface area contributed by atoms with Gasteiger partial charge >= 0.3 is 0 Å². The van der Waals surface area contributed by atoms with E-state index in [0.717, 1.165) is 35.3 Å². The van der Waals surface area contributed by atoms with E-state index < -0.39 is 0 Å². The van der Waals surface area contributed by atoms with Gasteiger partial charge in [-0.3, -0.25) is 4.98 Å². The van der Waals surface area contributed by atoms with Gasteiger partial charge in [0.2, 0.25) is 0 Å². The van der Waals surface area contributed by atoms with Crippen molar-refractivity contribution >= 4 is 16.6 Å². The second kappa shape index (κ2) is 6.25. The lowest BCUT2D eigenvalue weighted by Crippen LogP contribution is -2.06. The van der Waals surface area contributed by atoms with Gasteiger partial charge in [-0.05, 0) is 38.5 Å². The van der Waals surface area contributed by atoms with Crippen molar-refractivity contribution in [2.45, 2.75) is 33.3 Å². The minimum atomic E-state index is 0.117. The fourth-order valence-electron chi connectivity index (χ4n) is 2.04. The molecule has 1 heterocycles. The number of pyridine rings is 1. The fraction of sp³-hybridized carbons (Fsp3) is 0.375. The summed E-state index contributed by atoms with van der Waals surface area (Å²) in [5.41, 5.74) is 2.26. The molecule has 104 valence electrons. The van der Waals surface area contributed by atoms with Gasteiger partial charge in [-0.2, -0.15) is 5.26 Å². The predicted molar refractivity (Wildman–Crippen MR) is 81.0 cm³/mol. The Morgan fingerprint density at radius 1 is 1.40 bits per heavy atom. The summed E-state index contributed by atoms with van der Waals surface area (Å²) in [7, 11) is 0. The van der Waals surface area contributed by atoms with Crippen molar-refractivity contribution in [2.24, 2.45) is 0 Å². The van der Waals surface area contributed by atoms with Crippen LogP contribution in [0.25, 0.3) is 10.9 Å². The number of nitriles is 1. The lowest BCUT2D eigenvalue weighted by atomic mass is 10.1. The Hall–Kier alpha value is -2.28. The minimum Gasteiger partial charge on any atom is -0.491 e. The molecule has 0 saturated carbocycles. The van der Waals surface area contributed by atoms with Crippen LogP contribution in [0, 0.1) is 11.3 Å². The van der Waals surface area contributed by atoms with Crippen LogP contribution in [-0.2, 0) is 0 Å². The van der Waals surface area contributed by atoms with E-state index in [1.807, 2.05) is 32.0 Å². The quantitative estimate of drug-likeness (QED) is 0.898. The first kappa shape index (κ1) is 14.1. The maximum Gasteiger partial charge on any atom is 0.120 e. The Labute approximate surface area is 119 Å². The summed E-state index contributed by atoms with van der Waals surface area (Å²) in [5, 5.41) is 13.5. The standard InChI is InChI=1S/C16H19N3O/c1-4-7-18-16-12(9-17)10-19-15-6-5-13(8-14(15)16)20-11(2)3/h5-6,8,10-11H,4,7H2,1-3H3,(H,18,19). The van der Waals surface area contributed by atoms with E-state index in [-0.39, 0.29) is 6.10 Å². The number of ether oxygens (including phenoxy) is 1. The molecular weight excluding hydrogens is 250 g/mol. The van der Waals surface area contributed by atoms with Gasteiger partial charge in [0.15, 0.2) is 0 Å². The zero-order chi connectivity index (χ0) is 14.5. The van der Waals surface area contributed by atoms with Crippen LogP contribution in [0.15, 0.2) is 24.4 Å². The molecular formula is C16H19N3O. The zero-order valence-corrected chi connectivity index (χ0v) is 12.1. The molecule has 0 aliphatic heterocycles. The van der Waals surface area contributed by atoms with Crippen LogP contribution in [0.3, 0.4) is 0 Å². The monoisotopic (exact) mass is 269 g/mol. The first-order valence-electron chi connectivity index (χ1n) is 6.89. The largest absolute Gasteiger partial charge is 0.491 e. The van der Waals surface area contributed by atoms with E-state index in [4.69, 9.17) is 4.74 Å². The van der Waals surface area contributed by atoms with E-state index in [1.54, 1.807) is 6.20 Å². The first-order valence-corrected chi connectivity index (χ1v) is 6.89. The molecule has 0 radical (unpaired) electrons. The number of rotatable bonds is 5. The summed E-state index contributed by atoms with van der Waals surface area (Å²) < 4.78 is 5.72. The second-order valence-corrected chi connectivity index (χ2v) is 4.93. The molecule has 2 aromatic rings. The topological polar surface area (TPSA) is 57.9 Å². The third-order valence-corrected chi connectivity index (χ3v) is 2.88. The van der Waals surface area contributed by atoms with Gasteiger partial charge in [0.1, 0.15) is 11.8 Å². The molecule has 1 aromatic carbocycles. The van der Waals surface area contributed by atoms with Crippen molar-refractivity contribution in [1.82, 2.24) is 4.98 Å². The van der Waals surface area contributed by atoms with Gasteiger partial charge in [-0.15, -0.1) is 0 Å². The number of hydrogen-bond acceptors (Lipinski definition) is 4. The Balaban J connectivity index is 2.54. The Kier molecular flexibility index (Phi) is 4.41. The summed E-state index contributed by atoms with van der Waals surface area (Å²) in [6.45, 7) is 6.90. The highest BCUT2D eigenvalue weighted by Crippen LogP contribution is 2.29. The molecule has 4 heteroatoms. The van der Waals surface area contributed by atoms with Crippen LogP contribution in [0.1, 0.15) is 32.8 Å². The summed E-state index contributed by atoms with van der Waals surface area (Å²) in [4.78, 5) is 4.32. The lowest BCUT2D eigenvalue weighted by molar-refractivity contribution is 0.243. The highest BCUT2D eigenvalue weighted by Gasteiger charge is 2.10. The van der Waals surface area contributed by atoms with Gasteiger partial charge in [0, 0.05) is 18.1 Å². The van der Waals surface area contributed by atoms with Crippen molar-refractivity contribution in [3.05, 3.63) is 30.0 Å². The normalized spacial score (nSPS) is 10.6. The number of nitrogens with one attached hydrogen (secondary N) is 1. The molecule has 4 nitrogen and oxygen atoms in total. The number of nitrogens with zero attached hydrogens (tertiary/aromatic N) is 2. The number of fused-ring (bicyclic) bond motifs is 1. The Morgan fingerprint density at radius 2 is 2.20 bits per heavy atom. The highest BCUT2D eigenvalue weighted by molar-refractivity contribution is 5.94. The fourth-order valence-corrected chi connectivity index (χ4v) is 2.04. The zero-order valence-electron chi connectivity index (χ0n) is 12.1. The van der Waals surface area contributed by atoms with E-state index >= 15 is 0 Å². The smallest absolute Gasteiger partial charge is 0.120 e. The van der Waals surface area contributed by atoms with Crippen LogP contribution in [0.5, 0.6) is 5.75 Å². The molecule has 0 bridgehead atoms. The molecule has 0 fully saturated rings. The molecule has 0 atom stereocenters. The van der Waals surface area contributed by atoms with Gasteiger partial charge in [-0.25, -0.2) is 0 Å². The molecule has 2 rings (SSSR count). The molecule has 0 aliphatic carbocycles.